The monoisotopic (exact) mass is 384 g/mol. The van der Waals surface area contributed by atoms with Gasteiger partial charge in [0.05, 0.1) is 0 Å². The van der Waals surface area contributed by atoms with Crippen LogP contribution in [-0.2, 0) is 25.7 Å². The Bertz CT molecular complexity index is 874. The molecule has 0 unspecified atom stereocenters. The molecule has 0 fully saturated rings. The van der Waals surface area contributed by atoms with Gasteiger partial charge in [0, 0.05) is 0 Å². The van der Waals surface area contributed by atoms with E-state index in [1.807, 2.05) is 0 Å². The van der Waals surface area contributed by atoms with Crippen molar-refractivity contribution in [3.8, 4) is 0 Å². The molecule has 0 nitrogen and oxygen atoms in total. The second kappa shape index (κ2) is 8.14. The van der Waals surface area contributed by atoms with Crippen LogP contribution in [0.5, 0.6) is 0 Å². The number of benzene rings is 2. The number of hydrogen-bond donors (Lipinski definition) is 0. The van der Waals surface area contributed by atoms with Crippen molar-refractivity contribution in [2.45, 2.75) is 64.2 Å². The molecule has 0 bridgehead atoms. The fourth-order valence-electron chi connectivity index (χ4n) is 4.91. The minimum Gasteiger partial charge on any atom is -0.204 e. The molecule has 0 aromatic heterocycles. The Morgan fingerprint density at radius 2 is 1.57 bits per heavy atom. The SMILES string of the molecule is CCC/C=C/[C@H]1CCc2c(ccc3c2CC[C@H](c2cc(F)c(F)c(F)c2)C3)C1. The number of halogens is 3. The lowest BCUT2D eigenvalue weighted by Crippen LogP contribution is -2.20. The van der Waals surface area contributed by atoms with Crippen LogP contribution in [0.2, 0.25) is 0 Å². The summed E-state index contributed by atoms with van der Waals surface area (Å²) >= 11 is 0. The van der Waals surface area contributed by atoms with Crippen molar-refractivity contribution in [3.63, 3.8) is 0 Å². The van der Waals surface area contributed by atoms with Gasteiger partial charge in [-0.2, -0.15) is 0 Å². The maximum absolute atomic E-state index is 13.6. The van der Waals surface area contributed by atoms with Crippen LogP contribution in [0.1, 0.15) is 66.3 Å². The minimum absolute atomic E-state index is 0.0449. The van der Waals surface area contributed by atoms with Gasteiger partial charge in [-0.05, 0) is 96.7 Å². The van der Waals surface area contributed by atoms with Crippen LogP contribution in [-0.4, -0.2) is 0 Å². The molecule has 2 aromatic carbocycles. The van der Waals surface area contributed by atoms with Gasteiger partial charge in [-0.25, -0.2) is 13.2 Å². The third kappa shape index (κ3) is 3.76. The Hall–Kier alpha value is -2.03. The van der Waals surface area contributed by atoms with E-state index >= 15 is 0 Å². The largest absolute Gasteiger partial charge is 0.204 e. The van der Waals surface area contributed by atoms with E-state index in [2.05, 4.69) is 31.2 Å². The van der Waals surface area contributed by atoms with Gasteiger partial charge in [-0.15, -0.1) is 0 Å². The molecule has 0 saturated heterocycles. The summed E-state index contributed by atoms with van der Waals surface area (Å²) in [4.78, 5) is 0. The average Bonchev–Trinajstić information content (AvgIpc) is 2.71. The highest BCUT2D eigenvalue weighted by atomic mass is 19.2. The number of fused-ring (bicyclic) bond motifs is 3. The highest BCUT2D eigenvalue weighted by Gasteiger charge is 2.27. The van der Waals surface area contributed by atoms with Crippen molar-refractivity contribution < 1.29 is 13.2 Å². The Balaban J connectivity index is 1.54. The Morgan fingerprint density at radius 1 is 0.929 bits per heavy atom. The molecular weight excluding hydrogens is 357 g/mol. The fraction of sp³-hybridized carbons (Fsp3) is 0.440. The van der Waals surface area contributed by atoms with Crippen molar-refractivity contribution in [2.24, 2.45) is 5.92 Å². The normalized spacial score (nSPS) is 21.6. The van der Waals surface area contributed by atoms with Crippen LogP contribution in [0, 0.1) is 23.4 Å². The lowest BCUT2D eigenvalue weighted by atomic mass is 9.74. The lowest BCUT2D eigenvalue weighted by Gasteiger charge is -2.31. The van der Waals surface area contributed by atoms with Crippen molar-refractivity contribution >= 4 is 0 Å². The van der Waals surface area contributed by atoms with Crippen molar-refractivity contribution in [2.75, 3.05) is 0 Å². The van der Waals surface area contributed by atoms with Gasteiger partial charge in [0.1, 0.15) is 0 Å². The van der Waals surface area contributed by atoms with Gasteiger partial charge < -0.3 is 0 Å². The molecule has 2 atom stereocenters. The van der Waals surface area contributed by atoms with Crippen molar-refractivity contribution in [1.29, 1.82) is 0 Å². The lowest BCUT2D eigenvalue weighted by molar-refractivity contribution is 0.441. The van der Waals surface area contributed by atoms with Crippen LogP contribution in [0.25, 0.3) is 0 Å². The first kappa shape index (κ1) is 19.3. The summed E-state index contributed by atoms with van der Waals surface area (Å²) in [6.07, 6.45) is 13.0. The second-order valence-electron chi connectivity index (χ2n) is 8.30. The van der Waals surface area contributed by atoms with Gasteiger partial charge in [0.15, 0.2) is 17.5 Å². The first-order valence-corrected chi connectivity index (χ1v) is 10.5. The first-order valence-electron chi connectivity index (χ1n) is 10.5. The van der Waals surface area contributed by atoms with E-state index in [1.165, 1.54) is 47.2 Å². The fourth-order valence-corrected chi connectivity index (χ4v) is 4.91. The van der Waals surface area contributed by atoms with Crippen molar-refractivity contribution in [3.05, 3.63) is 81.7 Å². The maximum atomic E-state index is 13.6. The third-order valence-corrected chi connectivity index (χ3v) is 6.42. The van der Waals surface area contributed by atoms with E-state index in [9.17, 15) is 13.2 Å². The zero-order valence-electron chi connectivity index (χ0n) is 16.4. The zero-order valence-corrected chi connectivity index (χ0v) is 16.4. The van der Waals surface area contributed by atoms with E-state index in [1.54, 1.807) is 0 Å². The molecule has 0 N–H and O–H groups in total. The van der Waals surface area contributed by atoms with E-state index in [-0.39, 0.29) is 5.92 Å². The molecule has 148 valence electrons. The molecule has 0 amide bonds. The van der Waals surface area contributed by atoms with Gasteiger partial charge >= 0.3 is 0 Å². The molecule has 2 aliphatic carbocycles. The summed E-state index contributed by atoms with van der Waals surface area (Å²) < 4.78 is 40.6. The van der Waals surface area contributed by atoms with E-state index in [0.29, 0.717) is 11.5 Å². The molecule has 0 radical (unpaired) electrons. The highest BCUT2D eigenvalue weighted by Crippen LogP contribution is 2.39. The molecule has 4 rings (SSSR count). The second-order valence-corrected chi connectivity index (χ2v) is 8.30. The Morgan fingerprint density at radius 3 is 2.25 bits per heavy atom. The summed E-state index contributed by atoms with van der Waals surface area (Å²) in [5.74, 6) is -2.87. The summed E-state index contributed by atoms with van der Waals surface area (Å²) in [5.41, 5.74) is 6.29. The van der Waals surface area contributed by atoms with Gasteiger partial charge in [-0.3, -0.25) is 0 Å². The van der Waals surface area contributed by atoms with Crippen LogP contribution in [0.15, 0.2) is 36.4 Å². The van der Waals surface area contributed by atoms with Gasteiger partial charge in [-0.1, -0.05) is 37.6 Å². The maximum Gasteiger partial charge on any atom is 0.194 e. The Kier molecular flexibility index (Phi) is 5.61. The summed E-state index contributed by atoms with van der Waals surface area (Å²) in [7, 11) is 0. The molecule has 2 aliphatic rings. The zero-order chi connectivity index (χ0) is 19.7. The number of hydrogen-bond acceptors (Lipinski definition) is 0. The van der Waals surface area contributed by atoms with Crippen LogP contribution >= 0.6 is 0 Å². The predicted molar refractivity (Wildman–Crippen MR) is 107 cm³/mol. The standard InChI is InChI=1S/C25H27F3/c1-2-3-4-5-16-6-10-21-18(12-16)7-8-19-13-17(9-11-22(19)21)20-14-23(26)25(28)24(27)15-20/h4-5,7-8,14-17H,2-3,6,9-13H2,1H3/b5-4+/t16-,17-/m0/s1. The van der Waals surface area contributed by atoms with Crippen LogP contribution in [0.3, 0.4) is 0 Å². The van der Waals surface area contributed by atoms with E-state index < -0.39 is 17.5 Å². The van der Waals surface area contributed by atoms with E-state index in [4.69, 9.17) is 0 Å². The summed E-state index contributed by atoms with van der Waals surface area (Å²) in [6, 6.07) is 6.79. The van der Waals surface area contributed by atoms with Gasteiger partial charge in [0.2, 0.25) is 0 Å². The van der Waals surface area contributed by atoms with Crippen molar-refractivity contribution in [1.82, 2.24) is 0 Å². The highest BCUT2D eigenvalue weighted by molar-refractivity contribution is 5.46. The smallest absolute Gasteiger partial charge is 0.194 e. The topological polar surface area (TPSA) is 0 Å². The molecule has 0 spiro atoms. The molecule has 0 heterocycles. The molecule has 3 heteroatoms. The minimum atomic E-state index is -1.38. The van der Waals surface area contributed by atoms with E-state index in [0.717, 1.165) is 38.5 Å². The van der Waals surface area contributed by atoms with Crippen LogP contribution < -0.4 is 0 Å². The molecular formula is C25H27F3. The molecule has 0 aliphatic heterocycles. The summed E-state index contributed by atoms with van der Waals surface area (Å²) in [5, 5.41) is 0. The number of rotatable bonds is 4. The van der Waals surface area contributed by atoms with Crippen LogP contribution in [0.4, 0.5) is 13.2 Å². The quantitative estimate of drug-likeness (QED) is 0.400. The Labute approximate surface area is 165 Å². The first-order chi connectivity index (χ1) is 13.6. The van der Waals surface area contributed by atoms with Gasteiger partial charge in [0.25, 0.3) is 0 Å². The summed E-state index contributed by atoms with van der Waals surface area (Å²) in [6.45, 7) is 2.20. The molecule has 2 aromatic rings. The third-order valence-electron chi connectivity index (χ3n) is 6.42. The number of unbranched alkanes of at least 4 members (excludes halogenated alkanes) is 1. The average molecular weight is 384 g/mol. The molecule has 0 saturated carbocycles. The predicted octanol–water partition coefficient (Wildman–Crippen LogP) is 6.84. The number of allylic oxidation sites excluding steroid dienone is 2. The molecule has 28 heavy (non-hydrogen) atoms.